The Bertz CT molecular complexity index is 522. The highest BCUT2D eigenvalue weighted by Gasteiger charge is 2.16. The van der Waals surface area contributed by atoms with Gasteiger partial charge in [-0.25, -0.2) is 9.37 Å². The maximum absolute atomic E-state index is 13.4. The Morgan fingerprint density at radius 3 is 3.24 bits per heavy atom. The predicted octanol–water partition coefficient (Wildman–Crippen LogP) is 3.03. The molecule has 1 aliphatic rings. The molecule has 3 nitrogen and oxygen atoms in total. The second-order valence-corrected chi connectivity index (χ2v) is 5.15. The van der Waals surface area contributed by atoms with Gasteiger partial charge in [0.1, 0.15) is 11.3 Å². The first-order valence-electron chi connectivity index (χ1n) is 5.73. The Labute approximate surface area is 103 Å². The van der Waals surface area contributed by atoms with Crippen LogP contribution >= 0.6 is 11.3 Å². The van der Waals surface area contributed by atoms with Crippen LogP contribution in [0.25, 0.3) is 10.2 Å². The summed E-state index contributed by atoms with van der Waals surface area (Å²) in [5.41, 5.74) is 0.451. The van der Waals surface area contributed by atoms with Gasteiger partial charge < -0.3 is 10.1 Å². The van der Waals surface area contributed by atoms with Crippen LogP contribution in [-0.2, 0) is 4.74 Å². The normalized spacial score (nSPS) is 19.9. The maximum Gasteiger partial charge on any atom is 0.183 e. The summed E-state index contributed by atoms with van der Waals surface area (Å²) in [4.78, 5) is 4.25. The van der Waals surface area contributed by atoms with Crippen LogP contribution in [-0.4, -0.2) is 24.2 Å². The first-order valence-corrected chi connectivity index (χ1v) is 6.55. The summed E-state index contributed by atoms with van der Waals surface area (Å²) in [6, 6.07) is 5.03. The molecule has 0 spiro atoms. The predicted molar refractivity (Wildman–Crippen MR) is 67.0 cm³/mol. The van der Waals surface area contributed by atoms with Crippen LogP contribution in [0.4, 0.5) is 9.52 Å². The number of thiazole rings is 1. The number of hydrogen-bond acceptors (Lipinski definition) is 4. The lowest BCUT2D eigenvalue weighted by molar-refractivity contribution is 0.120. The highest BCUT2D eigenvalue weighted by Crippen LogP contribution is 2.27. The summed E-state index contributed by atoms with van der Waals surface area (Å²) in [5, 5.41) is 3.98. The van der Waals surface area contributed by atoms with Gasteiger partial charge >= 0.3 is 0 Å². The summed E-state index contributed by atoms with van der Waals surface area (Å²) < 4.78 is 19.8. The van der Waals surface area contributed by atoms with E-state index in [1.165, 1.54) is 17.4 Å². The van der Waals surface area contributed by atoms with Gasteiger partial charge in [0.05, 0.1) is 10.8 Å². The fourth-order valence-corrected chi connectivity index (χ4v) is 2.88. The molecule has 1 fully saturated rings. The second-order valence-electron chi connectivity index (χ2n) is 4.12. The van der Waals surface area contributed by atoms with Crippen molar-refractivity contribution in [2.75, 3.05) is 18.5 Å². The van der Waals surface area contributed by atoms with Gasteiger partial charge in [-0.3, -0.25) is 0 Å². The first kappa shape index (κ1) is 10.9. The van der Waals surface area contributed by atoms with E-state index in [4.69, 9.17) is 4.74 Å². The summed E-state index contributed by atoms with van der Waals surface area (Å²) >= 11 is 1.48. The van der Waals surface area contributed by atoms with Crippen LogP contribution in [0.1, 0.15) is 12.8 Å². The minimum atomic E-state index is -0.260. The van der Waals surface area contributed by atoms with Crippen LogP contribution in [0, 0.1) is 5.82 Å². The summed E-state index contributed by atoms with van der Waals surface area (Å²) in [6.45, 7) is 1.60. The quantitative estimate of drug-likeness (QED) is 0.911. The minimum absolute atomic E-state index is 0.260. The first-order chi connectivity index (χ1) is 8.33. The number of para-hydroxylation sites is 1. The van der Waals surface area contributed by atoms with Crippen molar-refractivity contribution in [3.8, 4) is 0 Å². The van der Waals surface area contributed by atoms with Crippen molar-refractivity contribution in [2.24, 2.45) is 0 Å². The molecule has 0 amide bonds. The van der Waals surface area contributed by atoms with Crippen LogP contribution in [0.3, 0.4) is 0 Å². The molecule has 0 unspecified atom stereocenters. The summed E-state index contributed by atoms with van der Waals surface area (Å²) in [5.74, 6) is -0.260. The lowest BCUT2D eigenvalue weighted by Crippen LogP contribution is -2.18. The van der Waals surface area contributed by atoms with E-state index in [-0.39, 0.29) is 11.9 Å². The van der Waals surface area contributed by atoms with Gasteiger partial charge in [0.15, 0.2) is 5.13 Å². The maximum atomic E-state index is 13.4. The molecule has 0 bridgehead atoms. The van der Waals surface area contributed by atoms with Crippen LogP contribution in [0.2, 0.25) is 0 Å². The number of fused-ring (bicyclic) bond motifs is 1. The Morgan fingerprint density at radius 2 is 2.47 bits per heavy atom. The number of nitrogens with zero attached hydrogens (tertiary/aromatic N) is 1. The van der Waals surface area contributed by atoms with Crippen LogP contribution in [0.15, 0.2) is 18.2 Å². The van der Waals surface area contributed by atoms with Gasteiger partial charge in [0, 0.05) is 13.2 Å². The van der Waals surface area contributed by atoms with E-state index in [2.05, 4.69) is 10.3 Å². The molecule has 90 valence electrons. The van der Waals surface area contributed by atoms with E-state index in [1.54, 1.807) is 6.07 Å². The molecule has 5 heteroatoms. The Hall–Kier alpha value is -1.20. The minimum Gasteiger partial charge on any atom is -0.376 e. The van der Waals surface area contributed by atoms with Gasteiger partial charge in [0.2, 0.25) is 0 Å². The standard InChI is InChI=1S/C12H13FN2OS/c13-9-4-1-5-10-11(9)15-12(17-10)14-7-8-3-2-6-16-8/h1,4-5,8H,2-3,6-7H2,(H,14,15)/t8-/m1/s1. The zero-order chi connectivity index (χ0) is 11.7. The van der Waals surface area contributed by atoms with Crippen LogP contribution in [0.5, 0.6) is 0 Å². The summed E-state index contributed by atoms with van der Waals surface area (Å²) in [6.07, 6.45) is 2.49. The van der Waals surface area contributed by atoms with Crippen molar-refractivity contribution in [1.29, 1.82) is 0 Å². The molecule has 1 N–H and O–H groups in total. The van der Waals surface area contributed by atoms with E-state index in [1.807, 2.05) is 6.07 Å². The van der Waals surface area contributed by atoms with Crippen molar-refractivity contribution < 1.29 is 9.13 Å². The SMILES string of the molecule is Fc1cccc2sc(NC[C@H]3CCCO3)nc12. The van der Waals surface area contributed by atoms with Gasteiger partial charge in [0.25, 0.3) is 0 Å². The van der Waals surface area contributed by atoms with E-state index >= 15 is 0 Å². The number of ether oxygens (including phenoxy) is 1. The monoisotopic (exact) mass is 252 g/mol. The smallest absolute Gasteiger partial charge is 0.183 e. The molecule has 1 aromatic carbocycles. The number of rotatable bonds is 3. The molecule has 2 heterocycles. The third-order valence-corrected chi connectivity index (χ3v) is 3.85. The zero-order valence-electron chi connectivity index (χ0n) is 9.28. The number of halogens is 1. The van der Waals surface area contributed by atoms with Gasteiger partial charge in [-0.15, -0.1) is 0 Å². The molecule has 1 aromatic heterocycles. The Morgan fingerprint density at radius 1 is 1.53 bits per heavy atom. The lowest BCUT2D eigenvalue weighted by atomic mass is 10.2. The summed E-state index contributed by atoms with van der Waals surface area (Å²) in [7, 11) is 0. The van der Waals surface area contributed by atoms with Gasteiger partial charge in [-0.05, 0) is 25.0 Å². The van der Waals surface area contributed by atoms with Crippen molar-refractivity contribution >= 4 is 26.7 Å². The van der Waals surface area contributed by atoms with E-state index in [9.17, 15) is 4.39 Å². The van der Waals surface area contributed by atoms with E-state index in [0.29, 0.717) is 5.52 Å². The van der Waals surface area contributed by atoms with Gasteiger partial charge in [-0.1, -0.05) is 17.4 Å². The average molecular weight is 252 g/mol. The molecular formula is C12H13FN2OS. The number of hydrogen-bond donors (Lipinski definition) is 1. The largest absolute Gasteiger partial charge is 0.376 e. The highest BCUT2D eigenvalue weighted by atomic mass is 32.1. The van der Waals surface area contributed by atoms with Crippen LogP contribution < -0.4 is 5.32 Å². The van der Waals surface area contributed by atoms with E-state index in [0.717, 1.165) is 35.8 Å². The van der Waals surface area contributed by atoms with Crippen molar-refractivity contribution in [1.82, 2.24) is 4.98 Å². The fraction of sp³-hybridized carbons (Fsp3) is 0.417. The third-order valence-electron chi connectivity index (χ3n) is 2.87. The lowest BCUT2D eigenvalue weighted by Gasteiger charge is -2.08. The highest BCUT2D eigenvalue weighted by molar-refractivity contribution is 7.22. The Balaban J connectivity index is 1.74. The third kappa shape index (κ3) is 2.25. The molecule has 1 aliphatic heterocycles. The average Bonchev–Trinajstić information content (AvgIpc) is 2.95. The van der Waals surface area contributed by atoms with Crippen molar-refractivity contribution in [3.05, 3.63) is 24.0 Å². The number of aromatic nitrogens is 1. The number of anilines is 1. The molecule has 0 radical (unpaired) electrons. The molecule has 1 saturated heterocycles. The second kappa shape index (κ2) is 4.58. The molecule has 2 aromatic rings. The van der Waals surface area contributed by atoms with Gasteiger partial charge in [-0.2, -0.15) is 0 Å². The number of nitrogens with one attached hydrogen (secondary N) is 1. The fourth-order valence-electron chi connectivity index (χ4n) is 2.00. The molecule has 1 atom stereocenters. The molecular weight excluding hydrogens is 239 g/mol. The molecule has 17 heavy (non-hydrogen) atoms. The van der Waals surface area contributed by atoms with Crippen molar-refractivity contribution in [2.45, 2.75) is 18.9 Å². The topological polar surface area (TPSA) is 34.1 Å². The number of benzene rings is 1. The van der Waals surface area contributed by atoms with Crippen molar-refractivity contribution in [3.63, 3.8) is 0 Å². The zero-order valence-corrected chi connectivity index (χ0v) is 10.1. The molecule has 3 rings (SSSR count). The van der Waals surface area contributed by atoms with E-state index < -0.39 is 0 Å². The molecule has 0 saturated carbocycles. The molecule has 0 aliphatic carbocycles. The Kier molecular flexibility index (Phi) is 2.94.